The van der Waals surface area contributed by atoms with E-state index in [1.54, 1.807) is 54.6 Å². The van der Waals surface area contributed by atoms with Gasteiger partial charge in [-0.05, 0) is 54.6 Å². The second-order valence-corrected chi connectivity index (χ2v) is 8.60. The van der Waals surface area contributed by atoms with Crippen LogP contribution in [0.1, 0.15) is 10.4 Å². The standard InChI is InChI=1S/C25H17Cl2N3O4/c1-34-17-10-7-14(8-11-17)23(31)21-20-22(30(28-21)16-5-3-2-4-6-16)25(33)29(24(20)32)19-13-15(26)9-12-18(19)27/h2-13,20,22H,1H3/t20-,22+/m0/s1. The molecule has 2 amide bonds. The summed E-state index contributed by atoms with van der Waals surface area (Å²) in [5, 5.41) is 6.41. The van der Waals surface area contributed by atoms with Gasteiger partial charge in [-0.15, -0.1) is 0 Å². The number of amides is 2. The maximum atomic E-state index is 13.6. The largest absolute Gasteiger partial charge is 0.497 e. The van der Waals surface area contributed by atoms with Crippen molar-refractivity contribution >= 4 is 57.9 Å². The van der Waals surface area contributed by atoms with Crippen LogP contribution in [0.3, 0.4) is 0 Å². The number of ether oxygens (including phenoxy) is 1. The summed E-state index contributed by atoms with van der Waals surface area (Å²) in [4.78, 5) is 41.7. The summed E-state index contributed by atoms with van der Waals surface area (Å²) in [5.41, 5.74) is 1.06. The third-order valence-electron chi connectivity index (χ3n) is 5.80. The summed E-state index contributed by atoms with van der Waals surface area (Å²) in [5.74, 6) is -2.08. The first-order valence-corrected chi connectivity index (χ1v) is 11.1. The van der Waals surface area contributed by atoms with Crippen LogP contribution in [-0.2, 0) is 9.59 Å². The number of para-hydroxylation sites is 1. The molecule has 170 valence electrons. The highest BCUT2D eigenvalue weighted by Crippen LogP contribution is 2.41. The molecule has 3 aromatic carbocycles. The number of fused-ring (bicyclic) bond motifs is 1. The van der Waals surface area contributed by atoms with E-state index < -0.39 is 29.6 Å². The van der Waals surface area contributed by atoms with Crippen LogP contribution >= 0.6 is 23.2 Å². The number of carbonyl (C=O) groups is 3. The van der Waals surface area contributed by atoms with E-state index in [2.05, 4.69) is 5.10 Å². The lowest BCUT2D eigenvalue weighted by Gasteiger charge is -2.22. The van der Waals surface area contributed by atoms with Gasteiger partial charge >= 0.3 is 0 Å². The third-order valence-corrected chi connectivity index (χ3v) is 6.36. The van der Waals surface area contributed by atoms with E-state index in [9.17, 15) is 14.4 Å². The van der Waals surface area contributed by atoms with Gasteiger partial charge in [-0.25, -0.2) is 4.90 Å². The van der Waals surface area contributed by atoms with Crippen molar-refractivity contribution in [2.45, 2.75) is 6.04 Å². The van der Waals surface area contributed by atoms with E-state index in [-0.39, 0.29) is 16.4 Å². The quantitative estimate of drug-likeness (QED) is 0.382. The zero-order valence-corrected chi connectivity index (χ0v) is 19.3. The van der Waals surface area contributed by atoms with Crippen LogP contribution in [0.15, 0.2) is 77.9 Å². The van der Waals surface area contributed by atoms with E-state index in [0.717, 1.165) is 4.90 Å². The van der Waals surface area contributed by atoms with Crippen molar-refractivity contribution in [1.82, 2.24) is 0 Å². The smallest absolute Gasteiger partial charge is 0.259 e. The Morgan fingerprint density at radius 1 is 0.941 bits per heavy atom. The van der Waals surface area contributed by atoms with E-state index in [4.69, 9.17) is 27.9 Å². The lowest BCUT2D eigenvalue weighted by atomic mass is 9.92. The van der Waals surface area contributed by atoms with Crippen molar-refractivity contribution in [1.29, 1.82) is 0 Å². The minimum Gasteiger partial charge on any atom is -0.497 e. The molecule has 1 saturated heterocycles. The summed E-state index contributed by atoms with van der Waals surface area (Å²) in [6.07, 6.45) is 0. The predicted molar refractivity (Wildman–Crippen MR) is 130 cm³/mol. The van der Waals surface area contributed by atoms with Crippen molar-refractivity contribution in [3.05, 3.63) is 88.4 Å². The molecule has 0 spiro atoms. The van der Waals surface area contributed by atoms with Crippen LogP contribution in [-0.4, -0.2) is 36.5 Å². The predicted octanol–water partition coefficient (Wildman–Crippen LogP) is 4.62. The number of Topliss-reactive ketones (excluding diaryl/α,β-unsaturated/α-hetero) is 1. The molecule has 0 saturated carbocycles. The number of benzene rings is 3. The molecule has 0 N–H and O–H groups in total. The first-order valence-electron chi connectivity index (χ1n) is 10.3. The lowest BCUT2D eigenvalue weighted by Crippen LogP contribution is -2.39. The van der Waals surface area contributed by atoms with Gasteiger partial charge in [0.25, 0.3) is 5.91 Å². The molecule has 2 aliphatic heterocycles. The van der Waals surface area contributed by atoms with E-state index in [1.165, 1.54) is 24.3 Å². The fourth-order valence-corrected chi connectivity index (χ4v) is 4.55. The molecule has 0 aromatic heterocycles. The Hall–Kier alpha value is -3.68. The van der Waals surface area contributed by atoms with Crippen LogP contribution in [0.2, 0.25) is 10.0 Å². The van der Waals surface area contributed by atoms with Gasteiger partial charge in [0.05, 0.1) is 23.5 Å². The summed E-state index contributed by atoms with van der Waals surface area (Å²) in [6.45, 7) is 0. The zero-order valence-electron chi connectivity index (χ0n) is 17.8. The van der Waals surface area contributed by atoms with E-state index in [0.29, 0.717) is 22.0 Å². The van der Waals surface area contributed by atoms with Crippen LogP contribution in [0, 0.1) is 5.92 Å². The van der Waals surface area contributed by atoms with Gasteiger partial charge < -0.3 is 4.74 Å². The van der Waals surface area contributed by atoms with Crippen molar-refractivity contribution in [2.75, 3.05) is 17.0 Å². The molecule has 1 fully saturated rings. The Morgan fingerprint density at radius 3 is 2.32 bits per heavy atom. The molecule has 2 heterocycles. The zero-order chi connectivity index (χ0) is 24.0. The Bertz CT molecular complexity index is 1340. The molecule has 0 bridgehead atoms. The molecule has 2 aliphatic rings. The molecular weight excluding hydrogens is 477 g/mol. The van der Waals surface area contributed by atoms with Gasteiger partial charge in [0.2, 0.25) is 11.7 Å². The molecule has 0 radical (unpaired) electrons. The number of imide groups is 1. The minimum atomic E-state index is -1.10. The van der Waals surface area contributed by atoms with Gasteiger partial charge in [0, 0.05) is 10.6 Å². The number of carbonyl (C=O) groups excluding carboxylic acids is 3. The van der Waals surface area contributed by atoms with Gasteiger partial charge in [0.1, 0.15) is 23.4 Å². The summed E-state index contributed by atoms with van der Waals surface area (Å²) >= 11 is 12.4. The Labute approximate surface area is 205 Å². The molecule has 5 rings (SSSR count). The van der Waals surface area contributed by atoms with Gasteiger partial charge in [-0.2, -0.15) is 5.10 Å². The fraction of sp³-hybridized carbons (Fsp3) is 0.120. The van der Waals surface area contributed by atoms with Crippen molar-refractivity contribution < 1.29 is 19.1 Å². The summed E-state index contributed by atoms with van der Waals surface area (Å²) in [7, 11) is 1.53. The van der Waals surface area contributed by atoms with E-state index in [1.807, 2.05) is 6.07 Å². The maximum Gasteiger partial charge on any atom is 0.259 e. The Kier molecular flexibility index (Phi) is 5.59. The molecule has 2 atom stereocenters. The molecule has 9 heteroatoms. The first-order chi connectivity index (χ1) is 16.4. The lowest BCUT2D eigenvalue weighted by molar-refractivity contribution is -0.121. The number of rotatable bonds is 5. The highest BCUT2D eigenvalue weighted by atomic mass is 35.5. The Morgan fingerprint density at radius 2 is 1.65 bits per heavy atom. The number of ketones is 1. The normalized spacial score (nSPS) is 19.3. The fourth-order valence-electron chi connectivity index (χ4n) is 4.18. The van der Waals surface area contributed by atoms with Crippen molar-refractivity contribution in [2.24, 2.45) is 11.0 Å². The monoisotopic (exact) mass is 493 g/mol. The highest BCUT2D eigenvalue weighted by Gasteiger charge is 2.58. The maximum absolute atomic E-state index is 13.6. The topological polar surface area (TPSA) is 79.3 Å². The first kappa shape index (κ1) is 22.1. The molecular formula is C25H17Cl2N3O4. The second-order valence-electron chi connectivity index (χ2n) is 7.75. The van der Waals surface area contributed by atoms with E-state index >= 15 is 0 Å². The second kappa shape index (κ2) is 8.59. The average molecular weight is 494 g/mol. The number of anilines is 2. The highest BCUT2D eigenvalue weighted by molar-refractivity contribution is 6.53. The number of methoxy groups -OCH3 is 1. The Balaban J connectivity index is 1.61. The van der Waals surface area contributed by atoms with Crippen LogP contribution < -0.4 is 14.6 Å². The van der Waals surface area contributed by atoms with Gasteiger partial charge in [-0.3, -0.25) is 19.4 Å². The number of hydrazone groups is 1. The number of halogens is 2. The SMILES string of the molecule is COc1ccc(C(=O)C2=NN(c3ccccc3)[C@H]3C(=O)N(c4cc(Cl)ccc4Cl)C(=O)[C@@H]23)cc1. The number of hydrogen-bond acceptors (Lipinski definition) is 6. The van der Waals surface area contributed by atoms with Crippen LogP contribution in [0.4, 0.5) is 11.4 Å². The van der Waals surface area contributed by atoms with Crippen LogP contribution in [0.25, 0.3) is 0 Å². The average Bonchev–Trinajstić information content (AvgIpc) is 3.37. The molecule has 3 aromatic rings. The summed E-state index contributed by atoms with van der Waals surface area (Å²) < 4.78 is 5.16. The van der Waals surface area contributed by atoms with Gasteiger partial charge in [-0.1, -0.05) is 41.4 Å². The number of nitrogens with zero attached hydrogens (tertiary/aromatic N) is 3. The van der Waals surface area contributed by atoms with Crippen molar-refractivity contribution in [3.8, 4) is 5.75 Å². The third kappa shape index (κ3) is 3.54. The molecule has 34 heavy (non-hydrogen) atoms. The molecule has 0 unspecified atom stereocenters. The minimum absolute atomic E-state index is 0.0157. The molecule has 7 nitrogen and oxygen atoms in total. The van der Waals surface area contributed by atoms with Crippen LogP contribution in [0.5, 0.6) is 5.75 Å². The molecule has 0 aliphatic carbocycles. The summed E-state index contributed by atoms with van der Waals surface area (Å²) in [6, 6.07) is 18.9. The van der Waals surface area contributed by atoms with Crippen molar-refractivity contribution in [3.63, 3.8) is 0 Å². The number of hydrogen-bond donors (Lipinski definition) is 0. The van der Waals surface area contributed by atoms with Gasteiger partial charge in [0.15, 0.2) is 0 Å².